The molecule has 0 aliphatic carbocycles. The first-order valence-corrected chi connectivity index (χ1v) is 9.68. The molecule has 24 heavy (non-hydrogen) atoms. The number of carbonyl (C=O) groups excluding carboxylic acids is 1. The lowest BCUT2D eigenvalue weighted by molar-refractivity contribution is -0.0156. The van der Waals surface area contributed by atoms with E-state index in [2.05, 4.69) is 4.72 Å². The minimum atomic E-state index is -3.38. The van der Waals surface area contributed by atoms with E-state index in [-0.39, 0.29) is 24.6 Å². The van der Waals surface area contributed by atoms with Gasteiger partial charge in [0.05, 0.1) is 36.1 Å². The third-order valence-corrected chi connectivity index (χ3v) is 5.14. The van der Waals surface area contributed by atoms with Gasteiger partial charge in [-0.15, -0.1) is 0 Å². The molecule has 1 aromatic carbocycles. The highest BCUT2D eigenvalue weighted by Crippen LogP contribution is 2.30. The number of rotatable bonds is 3. The lowest BCUT2D eigenvalue weighted by atomic mass is 10.0. The van der Waals surface area contributed by atoms with E-state index < -0.39 is 16.1 Å². The van der Waals surface area contributed by atoms with E-state index in [4.69, 9.17) is 10.00 Å². The number of fused-ring (bicyclic) bond motifs is 1. The first-order chi connectivity index (χ1) is 11.4. The summed E-state index contributed by atoms with van der Waals surface area (Å²) in [7, 11) is -3.38. The summed E-state index contributed by atoms with van der Waals surface area (Å²) in [4.78, 5) is 14.5. The molecule has 2 saturated heterocycles. The molecule has 3 rings (SSSR count). The number of ether oxygens (including phenoxy) is 1. The number of nitrogens with one attached hydrogen (secondary N) is 1. The van der Waals surface area contributed by atoms with E-state index >= 15 is 0 Å². The van der Waals surface area contributed by atoms with Gasteiger partial charge in [0.1, 0.15) is 0 Å². The van der Waals surface area contributed by atoms with E-state index in [1.807, 2.05) is 6.07 Å². The summed E-state index contributed by atoms with van der Waals surface area (Å²) in [6.45, 7) is 0.850. The Balaban J connectivity index is 1.83. The molecular formula is C16H19N3O4S. The van der Waals surface area contributed by atoms with Crippen LogP contribution in [-0.2, 0) is 14.8 Å². The Morgan fingerprint density at radius 1 is 1.38 bits per heavy atom. The molecule has 2 aliphatic rings. The van der Waals surface area contributed by atoms with Crippen LogP contribution in [-0.4, -0.2) is 56.8 Å². The Morgan fingerprint density at radius 3 is 2.71 bits per heavy atom. The van der Waals surface area contributed by atoms with E-state index in [0.717, 1.165) is 19.1 Å². The highest BCUT2D eigenvalue weighted by atomic mass is 32.2. The average Bonchev–Trinajstić information content (AvgIpc) is 2.91. The number of hydrogen-bond donors (Lipinski definition) is 1. The zero-order valence-electron chi connectivity index (χ0n) is 13.3. The van der Waals surface area contributed by atoms with Crippen LogP contribution in [0.2, 0.25) is 0 Å². The van der Waals surface area contributed by atoms with E-state index in [0.29, 0.717) is 17.7 Å². The summed E-state index contributed by atoms with van der Waals surface area (Å²) in [6, 6.07) is 7.89. The fraction of sp³-hybridized carbons (Fsp3) is 0.500. The lowest BCUT2D eigenvalue weighted by Gasteiger charge is -2.32. The standard InChI is InChI=1S/C16H19N3O4S/c1-24(21,22)18-13-10-19(14-3-2-8-23-15(13)14)16(20)12-6-4-11(9-17)5-7-12/h4-7,13-15,18H,2-3,8,10H2,1H3/t13-,14-,15-/m1/s1. The second-order valence-electron chi connectivity index (χ2n) is 6.19. The first kappa shape index (κ1) is 16.9. The zero-order chi connectivity index (χ0) is 17.3. The monoisotopic (exact) mass is 349 g/mol. The second-order valence-corrected chi connectivity index (χ2v) is 7.97. The number of sulfonamides is 1. The molecule has 1 N–H and O–H groups in total. The third kappa shape index (κ3) is 3.43. The van der Waals surface area contributed by atoms with Crippen LogP contribution in [0.5, 0.6) is 0 Å². The summed E-state index contributed by atoms with van der Waals surface area (Å²) in [5.74, 6) is -0.169. The van der Waals surface area contributed by atoms with Gasteiger partial charge in [-0.2, -0.15) is 5.26 Å². The number of likely N-dealkylation sites (tertiary alicyclic amines) is 1. The highest BCUT2D eigenvalue weighted by Gasteiger charge is 2.47. The Kier molecular flexibility index (Phi) is 4.58. The molecular weight excluding hydrogens is 330 g/mol. The topological polar surface area (TPSA) is 99.5 Å². The second kappa shape index (κ2) is 6.51. The quantitative estimate of drug-likeness (QED) is 0.855. The maximum atomic E-state index is 12.8. The van der Waals surface area contributed by atoms with Crippen molar-refractivity contribution in [1.29, 1.82) is 5.26 Å². The van der Waals surface area contributed by atoms with Crippen molar-refractivity contribution in [2.24, 2.45) is 0 Å². The van der Waals surface area contributed by atoms with Crippen LogP contribution < -0.4 is 4.72 Å². The van der Waals surface area contributed by atoms with Gasteiger partial charge in [-0.1, -0.05) is 0 Å². The van der Waals surface area contributed by atoms with Crippen molar-refractivity contribution < 1.29 is 17.9 Å². The van der Waals surface area contributed by atoms with Crippen LogP contribution in [0.25, 0.3) is 0 Å². The molecule has 7 nitrogen and oxygen atoms in total. The van der Waals surface area contributed by atoms with Gasteiger partial charge < -0.3 is 9.64 Å². The molecule has 128 valence electrons. The van der Waals surface area contributed by atoms with Gasteiger partial charge in [-0.25, -0.2) is 13.1 Å². The van der Waals surface area contributed by atoms with Crippen LogP contribution >= 0.6 is 0 Å². The Hall–Kier alpha value is -1.95. The van der Waals surface area contributed by atoms with Crippen molar-refractivity contribution in [3.8, 4) is 6.07 Å². The molecule has 0 spiro atoms. The summed E-state index contributed by atoms with van der Waals surface area (Å²) in [6.07, 6.45) is 2.41. The summed E-state index contributed by atoms with van der Waals surface area (Å²) >= 11 is 0. The van der Waals surface area contributed by atoms with Crippen LogP contribution in [0.15, 0.2) is 24.3 Å². The molecule has 8 heteroatoms. The molecule has 0 aromatic heterocycles. The summed E-state index contributed by atoms with van der Waals surface area (Å²) in [5.41, 5.74) is 0.974. The van der Waals surface area contributed by atoms with Gasteiger partial charge in [0.25, 0.3) is 5.91 Å². The predicted octanol–water partition coefficient (Wildman–Crippen LogP) is 0.479. The van der Waals surface area contributed by atoms with Gasteiger partial charge in [0.2, 0.25) is 10.0 Å². The van der Waals surface area contributed by atoms with Crippen molar-refractivity contribution in [3.05, 3.63) is 35.4 Å². The molecule has 2 heterocycles. The van der Waals surface area contributed by atoms with Crippen LogP contribution in [0.1, 0.15) is 28.8 Å². The number of amides is 1. The minimum absolute atomic E-state index is 0.138. The summed E-state index contributed by atoms with van der Waals surface area (Å²) < 4.78 is 31.5. The van der Waals surface area contributed by atoms with E-state index in [9.17, 15) is 13.2 Å². The summed E-state index contributed by atoms with van der Waals surface area (Å²) in [5, 5.41) is 8.85. The van der Waals surface area contributed by atoms with E-state index in [1.54, 1.807) is 29.2 Å². The van der Waals surface area contributed by atoms with Gasteiger partial charge in [-0.3, -0.25) is 4.79 Å². The number of benzene rings is 1. The molecule has 1 amide bonds. The van der Waals surface area contributed by atoms with Crippen molar-refractivity contribution in [2.75, 3.05) is 19.4 Å². The number of nitriles is 1. The molecule has 0 radical (unpaired) electrons. The Labute approximate surface area is 141 Å². The van der Waals surface area contributed by atoms with Gasteiger partial charge in [-0.05, 0) is 37.1 Å². The number of hydrogen-bond acceptors (Lipinski definition) is 5. The van der Waals surface area contributed by atoms with Crippen molar-refractivity contribution in [3.63, 3.8) is 0 Å². The normalized spacial score (nSPS) is 26.7. The predicted molar refractivity (Wildman–Crippen MR) is 86.7 cm³/mol. The Morgan fingerprint density at radius 2 is 2.08 bits per heavy atom. The zero-order valence-corrected chi connectivity index (χ0v) is 14.1. The van der Waals surface area contributed by atoms with Crippen LogP contribution in [0.4, 0.5) is 0 Å². The van der Waals surface area contributed by atoms with Gasteiger partial charge in [0, 0.05) is 18.7 Å². The molecule has 2 aliphatic heterocycles. The number of carbonyl (C=O) groups is 1. The first-order valence-electron chi connectivity index (χ1n) is 7.79. The largest absolute Gasteiger partial charge is 0.374 e. The molecule has 0 unspecified atom stereocenters. The van der Waals surface area contributed by atoms with Gasteiger partial charge >= 0.3 is 0 Å². The molecule has 1 aromatic rings. The van der Waals surface area contributed by atoms with Crippen LogP contribution in [0.3, 0.4) is 0 Å². The molecule has 3 atom stereocenters. The third-order valence-electron chi connectivity index (χ3n) is 4.41. The molecule has 0 saturated carbocycles. The highest BCUT2D eigenvalue weighted by molar-refractivity contribution is 7.88. The number of nitrogens with zero attached hydrogens (tertiary/aromatic N) is 2. The van der Waals surface area contributed by atoms with Crippen LogP contribution in [0, 0.1) is 11.3 Å². The maximum absolute atomic E-state index is 12.8. The SMILES string of the molecule is CS(=O)(=O)N[C@@H]1CN(C(=O)c2ccc(C#N)cc2)[C@@H]2CCCO[C@@H]21. The minimum Gasteiger partial charge on any atom is -0.374 e. The fourth-order valence-corrected chi connectivity index (χ4v) is 4.18. The van der Waals surface area contributed by atoms with Gasteiger partial charge in [0.15, 0.2) is 0 Å². The Bertz CT molecular complexity index is 770. The maximum Gasteiger partial charge on any atom is 0.254 e. The van der Waals surface area contributed by atoms with E-state index in [1.165, 1.54) is 0 Å². The smallest absolute Gasteiger partial charge is 0.254 e. The molecule has 0 bridgehead atoms. The van der Waals surface area contributed by atoms with Crippen molar-refractivity contribution in [1.82, 2.24) is 9.62 Å². The lowest BCUT2D eigenvalue weighted by Crippen LogP contribution is -2.47. The average molecular weight is 349 g/mol. The molecule has 2 fully saturated rings. The van der Waals surface area contributed by atoms with Crippen molar-refractivity contribution >= 4 is 15.9 Å². The fourth-order valence-electron chi connectivity index (χ4n) is 3.42. The van der Waals surface area contributed by atoms with Crippen molar-refractivity contribution in [2.45, 2.75) is 31.0 Å².